The Bertz CT molecular complexity index is 645. The summed E-state index contributed by atoms with van der Waals surface area (Å²) >= 11 is 0. The van der Waals surface area contributed by atoms with E-state index < -0.39 is 40.8 Å². The average molecular weight is 305 g/mol. The largest absolute Gasteiger partial charge is 0.419 e. The molecular weight excluding hydrogens is 296 g/mol. The summed E-state index contributed by atoms with van der Waals surface area (Å²) < 4.78 is 78.2. The third-order valence-electron chi connectivity index (χ3n) is 2.97. The van der Waals surface area contributed by atoms with Crippen LogP contribution in [0.25, 0.3) is 0 Å². The maximum atomic E-state index is 13.6. The third kappa shape index (κ3) is 3.02. The molecule has 0 aliphatic rings. The summed E-state index contributed by atoms with van der Waals surface area (Å²) in [6, 6.07) is 3.47. The predicted octanol–water partition coefficient (Wildman–Crippen LogP) is 4.17. The van der Waals surface area contributed by atoms with E-state index in [9.17, 15) is 26.3 Å². The molecule has 0 heterocycles. The van der Waals surface area contributed by atoms with E-state index in [1.807, 2.05) is 0 Å². The van der Waals surface area contributed by atoms with Crippen LogP contribution in [0, 0.1) is 17.5 Å². The van der Waals surface area contributed by atoms with Crippen LogP contribution in [0.5, 0.6) is 0 Å². The van der Waals surface area contributed by atoms with Gasteiger partial charge in [-0.3, -0.25) is 0 Å². The molecule has 0 aliphatic heterocycles. The van der Waals surface area contributed by atoms with Crippen LogP contribution in [0.1, 0.15) is 22.7 Å². The number of alkyl halides is 3. The smallest absolute Gasteiger partial charge is 0.320 e. The number of nitrogens with two attached hydrogens (primary N) is 1. The van der Waals surface area contributed by atoms with E-state index >= 15 is 0 Å². The first-order valence-corrected chi connectivity index (χ1v) is 5.78. The molecule has 2 aromatic carbocycles. The van der Waals surface area contributed by atoms with Crippen molar-refractivity contribution in [2.24, 2.45) is 5.73 Å². The van der Waals surface area contributed by atoms with Gasteiger partial charge in [-0.05, 0) is 29.8 Å². The molecular formula is C14H9F6N. The lowest BCUT2D eigenvalue weighted by molar-refractivity contribution is -0.140. The minimum absolute atomic E-state index is 0.243. The number of halogens is 6. The summed E-state index contributed by atoms with van der Waals surface area (Å²) in [4.78, 5) is 0. The molecule has 0 aliphatic carbocycles. The summed E-state index contributed by atoms with van der Waals surface area (Å²) in [7, 11) is 0. The highest BCUT2D eigenvalue weighted by atomic mass is 19.4. The third-order valence-corrected chi connectivity index (χ3v) is 2.97. The molecule has 0 saturated carbocycles. The standard InChI is InChI=1S/C14H9F6N/c15-9-5-4-7(6-8(9)14(18,19)20)13(21)12-10(16)2-1-3-11(12)17/h1-6,13H,21H2. The Morgan fingerprint density at radius 2 is 1.43 bits per heavy atom. The fourth-order valence-corrected chi connectivity index (χ4v) is 1.93. The van der Waals surface area contributed by atoms with Gasteiger partial charge < -0.3 is 5.73 Å². The van der Waals surface area contributed by atoms with Crippen molar-refractivity contribution in [1.82, 2.24) is 0 Å². The summed E-state index contributed by atoms with van der Waals surface area (Å²) in [6.07, 6.45) is -4.92. The minimum atomic E-state index is -4.92. The Morgan fingerprint density at radius 3 is 1.95 bits per heavy atom. The molecule has 0 radical (unpaired) electrons. The summed E-state index contributed by atoms with van der Waals surface area (Å²) in [6.45, 7) is 0. The second-order valence-corrected chi connectivity index (χ2v) is 4.35. The molecule has 1 unspecified atom stereocenters. The number of hydrogen-bond acceptors (Lipinski definition) is 1. The molecule has 0 spiro atoms. The van der Waals surface area contributed by atoms with Crippen molar-refractivity contribution >= 4 is 0 Å². The topological polar surface area (TPSA) is 26.0 Å². The van der Waals surface area contributed by atoms with Crippen LogP contribution >= 0.6 is 0 Å². The van der Waals surface area contributed by atoms with E-state index in [1.165, 1.54) is 0 Å². The molecule has 0 saturated heterocycles. The predicted molar refractivity (Wildman–Crippen MR) is 63.8 cm³/mol. The zero-order valence-corrected chi connectivity index (χ0v) is 10.4. The fourth-order valence-electron chi connectivity index (χ4n) is 1.93. The van der Waals surface area contributed by atoms with Gasteiger partial charge in [-0.2, -0.15) is 13.2 Å². The van der Waals surface area contributed by atoms with E-state index in [4.69, 9.17) is 5.73 Å². The molecule has 2 aromatic rings. The van der Waals surface area contributed by atoms with Crippen LogP contribution in [0.3, 0.4) is 0 Å². The van der Waals surface area contributed by atoms with Crippen LogP contribution in [0.4, 0.5) is 26.3 Å². The summed E-state index contributed by atoms with van der Waals surface area (Å²) in [5.74, 6) is -3.45. The second-order valence-electron chi connectivity index (χ2n) is 4.35. The number of benzene rings is 2. The van der Waals surface area contributed by atoms with Crippen molar-refractivity contribution in [3.05, 3.63) is 70.5 Å². The van der Waals surface area contributed by atoms with E-state index in [0.717, 1.165) is 24.3 Å². The molecule has 0 bridgehead atoms. The maximum absolute atomic E-state index is 13.6. The van der Waals surface area contributed by atoms with Gasteiger partial charge >= 0.3 is 6.18 Å². The van der Waals surface area contributed by atoms with Gasteiger partial charge in [0.15, 0.2) is 0 Å². The van der Waals surface area contributed by atoms with Crippen molar-refractivity contribution < 1.29 is 26.3 Å². The molecule has 2 rings (SSSR count). The Kier molecular flexibility index (Phi) is 3.95. The van der Waals surface area contributed by atoms with Crippen molar-refractivity contribution in [2.75, 3.05) is 0 Å². The lowest BCUT2D eigenvalue weighted by atomic mass is 9.96. The first-order chi connectivity index (χ1) is 9.71. The molecule has 21 heavy (non-hydrogen) atoms. The van der Waals surface area contributed by atoms with Gasteiger partial charge in [0.25, 0.3) is 0 Å². The van der Waals surface area contributed by atoms with E-state index in [1.54, 1.807) is 0 Å². The van der Waals surface area contributed by atoms with Gasteiger partial charge in [0, 0.05) is 5.56 Å². The molecule has 0 aromatic heterocycles. The van der Waals surface area contributed by atoms with Crippen LogP contribution in [0.2, 0.25) is 0 Å². The van der Waals surface area contributed by atoms with Gasteiger partial charge in [0.1, 0.15) is 17.5 Å². The summed E-state index contributed by atoms with van der Waals surface area (Å²) in [5, 5.41) is 0. The number of hydrogen-bond donors (Lipinski definition) is 1. The second kappa shape index (κ2) is 5.40. The zero-order valence-electron chi connectivity index (χ0n) is 10.4. The van der Waals surface area contributed by atoms with Gasteiger partial charge in [-0.1, -0.05) is 12.1 Å². The Labute approximate surface area is 116 Å². The maximum Gasteiger partial charge on any atom is 0.419 e. The van der Waals surface area contributed by atoms with E-state index in [2.05, 4.69) is 0 Å². The van der Waals surface area contributed by atoms with Gasteiger partial charge in [0.2, 0.25) is 0 Å². The minimum Gasteiger partial charge on any atom is -0.320 e. The molecule has 0 fully saturated rings. The Hall–Kier alpha value is -2.02. The van der Waals surface area contributed by atoms with Crippen molar-refractivity contribution in [1.29, 1.82) is 0 Å². The Morgan fingerprint density at radius 1 is 0.857 bits per heavy atom. The number of rotatable bonds is 2. The van der Waals surface area contributed by atoms with Crippen LogP contribution in [-0.2, 0) is 6.18 Å². The van der Waals surface area contributed by atoms with Gasteiger partial charge in [-0.25, -0.2) is 13.2 Å². The SMILES string of the molecule is NC(c1ccc(F)c(C(F)(F)F)c1)c1c(F)cccc1F. The van der Waals surface area contributed by atoms with Crippen molar-refractivity contribution in [3.8, 4) is 0 Å². The van der Waals surface area contributed by atoms with Crippen LogP contribution in [-0.4, -0.2) is 0 Å². The normalized spacial score (nSPS) is 13.3. The van der Waals surface area contributed by atoms with E-state index in [0.29, 0.717) is 12.1 Å². The Balaban J connectivity index is 2.52. The molecule has 112 valence electrons. The summed E-state index contributed by atoms with van der Waals surface area (Å²) in [5.41, 5.74) is 3.26. The average Bonchev–Trinajstić information content (AvgIpc) is 2.37. The molecule has 1 atom stereocenters. The quantitative estimate of drug-likeness (QED) is 0.828. The van der Waals surface area contributed by atoms with Gasteiger partial charge in [0.05, 0.1) is 11.6 Å². The molecule has 1 nitrogen and oxygen atoms in total. The molecule has 7 heteroatoms. The van der Waals surface area contributed by atoms with Crippen molar-refractivity contribution in [2.45, 2.75) is 12.2 Å². The molecule has 2 N–H and O–H groups in total. The van der Waals surface area contributed by atoms with Crippen LogP contribution < -0.4 is 5.73 Å². The monoisotopic (exact) mass is 305 g/mol. The van der Waals surface area contributed by atoms with Crippen LogP contribution in [0.15, 0.2) is 36.4 Å². The first-order valence-electron chi connectivity index (χ1n) is 5.78. The zero-order chi connectivity index (χ0) is 15.8. The molecule has 0 amide bonds. The first kappa shape index (κ1) is 15.4. The van der Waals surface area contributed by atoms with Gasteiger partial charge in [-0.15, -0.1) is 0 Å². The highest BCUT2D eigenvalue weighted by Gasteiger charge is 2.35. The van der Waals surface area contributed by atoms with E-state index in [-0.39, 0.29) is 5.56 Å². The lowest BCUT2D eigenvalue weighted by Gasteiger charge is -2.16. The highest BCUT2D eigenvalue weighted by molar-refractivity contribution is 5.36. The van der Waals surface area contributed by atoms with Crippen molar-refractivity contribution in [3.63, 3.8) is 0 Å². The fraction of sp³-hybridized carbons (Fsp3) is 0.143. The highest BCUT2D eigenvalue weighted by Crippen LogP contribution is 2.34. The lowest BCUT2D eigenvalue weighted by Crippen LogP contribution is -2.17.